The van der Waals surface area contributed by atoms with Gasteiger partial charge in [-0.3, -0.25) is 10.1 Å². The second-order valence-corrected chi connectivity index (χ2v) is 6.57. The van der Waals surface area contributed by atoms with Gasteiger partial charge >= 0.3 is 5.97 Å². The van der Waals surface area contributed by atoms with Gasteiger partial charge in [0.15, 0.2) is 10.9 Å². The molecule has 0 saturated heterocycles. The van der Waals surface area contributed by atoms with Crippen LogP contribution in [0.25, 0.3) is 22.2 Å². The van der Waals surface area contributed by atoms with Gasteiger partial charge in [0, 0.05) is 16.3 Å². The van der Waals surface area contributed by atoms with E-state index in [1.165, 1.54) is 18.4 Å². The highest BCUT2D eigenvalue weighted by atomic mass is 32.1. The summed E-state index contributed by atoms with van der Waals surface area (Å²) in [6.45, 7) is 0. The zero-order valence-electron chi connectivity index (χ0n) is 14.3. The van der Waals surface area contributed by atoms with Gasteiger partial charge in [0.2, 0.25) is 0 Å². The van der Waals surface area contributed by atoms with Crippen LogP contribution in [0.5, 0.6) is 0 Å². The fourth-order valence-electron chi connectivity index (χ4n) is 2.61. The number of carbonyl (C=O) groups excluding carboxylic acids is 2. The van der Waals surface area contributed by atoms with E-state index < -0.39 is 5.97 Å². The molecule has 0 saturated carbocycles. The maximum absolute atomic E-state index is 12.4. The molecule has 0 bridgehead atoms. The van der Waals surface area contributed by atoms with E-state index in [1.807, 2.05) is 29.6 Å². The second-order valence-electron chi connectivity index (χ2n) is 5.71. The van der Waals surface area contributed by atoms with Crippen molar-refractivity contribution in [3.8, 4) is 11.3 Å². The number of nitrogens with one attached hydrogen (secondary N) is 1. The molecule has 0 spiro atoms. The van der Waals surface area contributed by atoms with Gasteiger partial charge in [-0.2, -0.15) is 0 Å². The lowest BCUT2D eigenvalue weighted by Gasteiger charge is -2.01. The monoisotopic (exact) mass is 378 g/mol. The molecule has 0 aliphatic carbocycles. The molecule has 4 aromatic rings. The number of rotatable bonds is 4. The maximum Gasteiger partial charge on any atom is 0.337 e. The first-order chi connectivity index (χ1) is 13.1. The summed E-state index contributed by atoms with van der Waals surface area (Å²) in [5.41, 5.74) is 2.67. The van der Waals surface area contributed by atoms with Crippen molar-refractivity contribution in [2.45, 2.75) is 0 Å². The number of hydrogen-bond donors (Lipinski definition) is 1. The molecule has 7 heteroatoms. The Hall–Kier alpha value is -3.45. The number of hydrogen-bond acceptors (Lipinski definition) is 6. The summed E-state index contributed by atoms with van der Waals surface area (Å²) in [7, 11) is 1.34. The molecule has 0 aliphatic heterocycles. The lowest BCUT2D eigenvalue weighted by Crippen LogP contribution is -2.10. The number of furan rings is 1. The molecule has 0 radical (unpaired) electrons. The van der Waals surface area contributed by atoms with Crippen molar-refractivity contribution in [3.05, 3.63) is 71.3 Å². The fraction of sp³-hybridized carbons (Fsp3) is 0.0500. The number of nitrogens with zero attached hydrogens (tertiary/aromatic N) is 1. The van der Waals surface area contributed by atoms with Gasteiger partial charge in [0.25, 0.3) is 5.91 Å². The van der Waals surface area contributed by atoms with Gasteiger partial charge < -0.3 is 9.15 Å². The van der Waals surface area contributed by atoms with E-state index in [-0.39, 0.29) is 11.7 Å². The number of para-hydroxylation sites is 1. The maximum atomic E-state index is 12.4. The van der Waals surface area contributed by atoms with E-state index in [4.69, 9.17) is 4.42 Å². The zero-order chi connectivity index (χ0) is 18.8. The minimum absolute atomic E-state index is 0.232. The van der Waals surface area contributed by atoms with Crippen molar-refractivity contribution in [3.63, 3.8) is 0 Å². The van der Waals surface area contributed by atoms with Crippen molar-refractivity contribution in [2.24, 2.45) is 0 Å². The van der Waals surface area contributed by atoms with Gasteiger partial charge in [0.05, 0.1) is 18.4 Å². The molecule has 6 nitrogen and oxygen atoms in total. The standard InChI is InChI=1S/C20H14N2O4S/c1-25-19(24)13-8-6-12(7-9-13)15-11-27-20(21-15)22-18(23)17-10-14-4-2-3-5-16(14)26-17/h2-11H,1H3,(H,21,22,23). The van der Waals surface area contributed by atoms with Gasteiger partial charge in [-0.25, -0.2) is 9.78 Å². The molecular weight excluding hydrogens is 364 g/mol. The number of carbonyl (C=O) groups is 2. The molecule has 0 atom stereocenters. The first-order valence-electron chi connectivity index (χ1n) is 8.08. The van der Waals surface area contributed by atoms with Crippen LogP contribution in [0.2, 0.25) is 0 Å². The highest BCUT2D eigenvalue weighted by molar-refractivity contribution is 7.14. The molecule has 1 N–H and O–H groups in total. The molecule has 1 amide bonds. The van der Waals surface area contributed by atoms with Crippen molar-refractivity contribution >= 4 is 39.3 Å². The number of esters is 1. The Morgan fingerprint density at radius 3 is 2.63 bits per heavy atom. The summed E-state index contributed by atoms with van der Waals surface area (Å²) in [5, 5.41) is 5.92. The van der Waals surface area contributed by atoms with Crippen LogP contribution in [0.15, 0.2) is 64.4 Å². The van der Waals surface area contributed by atoms with Crippen LogP contribution >= 0.6 is 11.3 Å². The molecule has 0 unspecified atom stereocenters. The molecule has 4 rings (SSSR count). The van der Waals surface area contributed by atoms with Gasteiger partial charge in [0.1, 0.15) is 5.58 Å². The van der Waals surface area contributed by atoms with Crippen molar-refractivity contribution in [2.75, 3.05) is 12.4 Å². The summed E-state index contributed by atoms with van der Waals surface area (Å²) < 4.78 is 10.2. The molecule has 27 heavy (non-hydrogen) atoms. The van der Waals surface area contributed by atoms with E-state index in [2.05, 4.69) is 15.0 Å². The average molecular weight is 378 g/mol. The van der Waals surface area contributed by atoms with Crippen LogP contribution in [0, 0.1) is 0 Å². The smallest absolute Gasteiger partial charge is 0.337 e. The highest BCUT2D eigenvalue weighted by Crippen LogP contribution is 2.26. The van der Waals surface area contributed by atoms with Crippen molar-refractivity contribution in [1.82, 2.24) is 4.98 Å². The fourth-order valence-corrected chi connectivity index (χ4v) is 3.33. The van der Waals surface area contributed by atoms with Crippen LogP contribution in [0.4, 0.5) is 5.13 Å². The van der Waals surface area contributed by atoms with E-state index in [1.54, 1.807) is 30.3 Å². The molecule has 0 fully saturated rings. The summed E-state index contributed by atoms with van der Waals surface area (Å²) in [5.74, 6) is -0.512. The molecule has 0 aliphatic rings. The number of benzene rings is 2. The van der Waals surface area contributed by atoms with Crippen LogP contribution < -0.4 is 5.32 Å². The third kappa shape index (κ3) is 3.45. The Kier molecular flexibility index (Phi) is 4.43. The van der Waals surface area contributed by atoms with Crippen LogP contribution in [0.1, 0.15) is 20.9 Å². The lowest BCUT2D eigenvalue weighted by atomic mass is 10.1. The van der Waals surface area contributed by atoms with E-state index in [9.17, 15) is 9.59 Å². The minimum atomic E-state index is -0.390. The highest BCUT2D eigenvalue weighted by Gasteiger charge is 2.15. The molecule has 134 valence electrons. The molecule has 2 aromatic heterocycles. The van der Waals surface area contributed by atoms with Crippen LogP contribution in [0.3, 0.4) is 0 Å². The third-order valence-electron chi connectivity index (χ3n) is 3.98. The molecule has 2 heterocycles. The van der Waals surface area contributed by atoms with Gasteiger partial charge in [-0.05, 0) is 24.3 Å². The Bertz CT molecular complexity index is 1100. The number of amides is 1. The second kappa shape index (κ2) is 7.05. The lowest BCUT2D eigenvalue weighted by molar-refractivity contribution is 0.0600. The minimum Gasteiger partial charge on any atom is -0.465 e. The van der Waals surface area contributed by atoms with Crippen LogP contribution in [-0.2, 0) is 4.74 Å². The number of anilines is 1. The van der Waals surface area contributed by atoms with Crippen molar-refractivity contribution in [1.29, 1.82) is 0 Å². The first-order valence-corrected chi connectivity index (χ1v) is 8.96. The quantitative estimate of drug-likeness (QED) is 0.525. The summed E-state index contributed by atoms with van der Waals surface area (Å²) in [6, 6.07) is 16.0. The van der Waals surface area contributed by atoms with E-state index in [0.29, 0.717) is 22.0 Å². The van der Waals surface area contributed by atoms with Gasteiger partial charge in [-0.1, -0.05) is 30.3 Å². The summed E-state index contributed by atoms with van der Waals surface area (Å²) >= 11 is 1.31. The zero-order valence-corrected chi connectivity index (χ0v) is 15.1. The largest absolute Gasteiger partial charge is 0.465 e. The number of methoxy groups -OCH3 is 1. The predicted octanol–water partition coefficient (Wildman–Crippen LogP) is 4.60. The number of aromatic nitrogens is 1. The Labute approximate surface area is 158 Å². The van der Waals surface area contributed by atoms with Gasteiger partial charge in [-0.15, -0.1) is 11.3 Å². The topological polar surface area (TPSA) is 81.4 Å². The Morgan fingerprint density at radius 1 is 1.11 bits per heavy atom. The van der Waals surface area contributed by atoms with Crippen molar-refractivity contribution < 1.29 is 18.7 Å². The summed E-state index contributed by atoms with van der Waals surface area (Å²) in [4.78, 5) is 28.3. The molecule has 2 aromatic carbocycles. The van der Waals surface area contributed by atoms with E-state index >= 15 is 0 Å². The number of ether oxygens (including phenoxy) is 1. The Balaban J connectivity index is 1.50. The third-order valence-corrected chi connectivity index (χ3v) is 4.73. The molecular formula is C20H14N2O4S. The number of fused-ring (bicyclic) bond motifs is 1. The Morgan fingerprint density at radius 2 is 1.89 bits per heavy atom. The summed E-state index contributed by atoms with van der Waals surface area (Å²) in [6.07, 6.45) is 0. The SMILES string of the molecule is COC(=O)c1ccc(-c2csc(NC(=O)c3cc4ccccc4o3)n2)cc1. The predicted molar refractivity (Wildman–Crippen MR) is 103 cm³/mol. The number of thiazole rings is 1. The normalized spacial score (nSPS) is 10.7. The average Bonchev–Trinajstić information content (AvgIpc) is 3.34. The van der Waals surface area contributed by atoms with E-state index in [0.717, 1.165) is 10.9 Å². The van der Waals surface area contributed by atoms with Crippen LogP contribution in [-0.4, -0.2) is 24.0 Å². The first kappa shape index (κ1) is 17.0.